The normalized spacial score (nSPS) is 15.8. The molecule has 1 aliphatic heterocycles. The van der Waals surface area contributed by atoms with E-state index in [1.54, 1.807) is 11.3 Å². The van der Waals surface area contributed by atoms with Gasteiger partial charge >= 0.3 is 0 Å². The molecule has 0 unspecified atom stereocenters. The summed E-state index contributed by atoms with van der Waals surface area (Å²) in [5.74, 6) is 0.535. The van der Waals surface area contributed by atoms with Crippen LogP contribution in [-0.4, -0.2) is 27.9 Å². The molecule has 1 fully saturated rings. The fourth-order valence-corrected chi connectivity index (χ4v) is 4.56. The van der Waals surface area contributed by atoms with E-state index >= 15 is 0 Å². The molecule has 4 rings (SSSR count). The Bertz CT molecular complexity index is 890. The molecule has 5 nitrogen and oxygen atoms in total. The second-order valence-corrected chi connectivity index (χ2v) is 7.33. The van der Waals surface area contributed by atoms with Crippen molar-refractivity contribution >= 4 is 26.8 Å². The number of thiazole rings is 1. The zero-order valence-electron chi connectivity index (χ0n) is 13.9. The summed E-state index contributed by atoms with van der Waals surface area (Å²) < 4.78 is 3.06. The van der Waals surface area contributed by atoms with Crippen molar-refractivity contribution in [3.05, 3.63) is 41.1 Å². The Balaban J connectivity index is 1.50. The minimum Gasteiger partial charge on any atom is -0.348 e. The van der Waals surface area contributed by atoms with Crippen molar-refractivity contribution in [1.82, 2.24) is 14.8 Å². The van der Waals surface area contributed by atoms with Crippen LogP contribution in [-0.2, 0) is 7.05 Å². The molecule has 3 aromatic rings. The van der Waals surface area contributed by atoms with Crippen molar-refractivity contribution in [3.63, 3.8) is 0 Å². The van der Waals surface area contributed by atoms with Gasteiger partial charge in [-0.3, -0.25) is 0 Å². The molecule has 0 spiro atoms. The molecule has 0 N–H and O–H groups in total. The lowest BCUT2D eigenvalue weighted by molar-refractivity contribution is 0.505. The Morgan fingerprint density at radius 2 is 2.08 bits per heavy atom. The van der Waals surface area contributed by atoms with E-state index in [9.17, 15) is 0 Å². The monoisotopic (exact) mass is 337 g/mol. The molecular weight excluding hydrogens is 318 g/mol. The number of hydrogen-bond acceptors (Lipinski definition) is 5. The first-order valence-corrected chi connectivity index (χ1v) is 9.02. The number of hydrogen-bond donors (Lipinski definition) is 0. The van der Waals surface area contributed by atoms with Gasteiger partial charge in [0, 0.05) is 20.1 Å². The fourth-order valence-electron chi connectivity index (χ4n) is 3.48. The van der Waals surface area contributed by atoms with E-state index in [1.165, 1.54) is 10.3 Å². The molecular formula is C18H19N5S. The number of aryl methyl sites for hydroxylation is 2. The van der Waals surface area contributed by atoms with Crippen LogP contribution in [0.3, 0.4) is 0 Å². The highest BCUT2D eigenvalue weighted by atomic mass is 32.1. The Kier molecular flexibility index (Phi) is 3.73. The number of nitriles is 1. The van der Waals surface area contributed by atoms with Gasteiger partial charge in [-0.25, -0.2) is 9.67 Å². The molecule has 0 amide bonds. The van der Waals surface area contributed by atoms with Crippen LogP contribution >= 0.6 is 11.3 Å². The van der Waals surface area contributed by atoms with Crippen LogP contribution in [0, 0.1) is 18.3 Å². The molecule has 2 aromatic heterocycles. The van der Waals surface area contributed by atoms with E-state index in [0.29, 0.717) is 5.92 Å². The van der Waals surface area contributed by atoms with Crippen LogP contribution in [0.5, 0.6) is 0 Å². The van der Waals surface area contributed by atoms with E-state index in [-0.39, 0.29) is 0 Å². The van der Waals surface area contributed by atoms with Crippen molar-refractivity contribution < 1.29 is 0 Å². The zero-order valence-corrected chi connectivity index (χ0v) is 14.7. The first kappa shape index (κ1) is 15.2. The van der Waals surface area contributed by atoms with E-state index in [2.05, 4.69) is 22.1 Å². The number of aromatic nitrogens is 3. The molecule has 3 heterocycles. The van der Waals surface area contributed by atoms with Crippen molar-refractivity contribution in [2.45, 2.75) is 25.7 Å². The molecule has 1 aromatic carbocycles. The predicted octanol–water partition coefficient (Wildman–Crippen LogP) is 3.59. The topological polar surface area (TPSA) is 57.7 Å². The van der Waals surface area contributed by atoms with Gasteiger partial charge < -0.3 is 4.90 Å². The van der Waals surface area contributed by atoms with E-state index in [0.717, 1.165) is 48.0 Å². The molecule has 0 aliphatic carbocycles. The minimum atomic E-state index is 0.535. The Labute approximate surface area is 145 Å². The van der Waals surface area contributed by atoms with Gasteiger partial charge in [-0.05, 0) is 43.4 Å². The SMILES string of the molecule is Cc1nn(C)c2nc(N3CCC(c4cccc(C#N)c4)CC3)sc12. The maximum Gasteiger partial charge on any atom is 0.188 e. The van der Waals surface area contributed by atoms with Crippen molar-refractivity contribution in [2.75, 3.05) is 18.0 Å². The second-order valence-electron chi connectivity index (χ2n) is 6.36. The highest BCUT2D eigenvalue weighted by molar-refractivity contribution is 7.22. The predicted molar refractivity (Wildman–Crippen MR) is 96.5 cm³/mol. The lowest BCUT2D eigenvalue weighted by Gasteiger charge is -2.32. The summed E-state index contributed by atoms with van der Waals surface area (Å²) in [5.41, 5.74) is 4.08. The van der Waals surface area contributed by atoms with Gasteiger partial charge in [0.2, 0.25) is 0 Å². The Morgan fingerprint density at radius 1 is 1.29 bits per heavy atom. The summed E-state index contributed by atoms with van der Waals surface area (Å²) in [6.07, 6.45) is 2.20. The number of fused-ring (bicyclic) bond motifs is 1. The largest absolute Gasteiger partial charge is 0.348 e. The van der Waals surface area contributed by atoms with Gasteiger partial charge in [-0.1, -0.05) is 23.5 Å². The molecule has 0 radical (unpaired) electrons. The number of nitrogens with zero attached hydrogens (tertiary/aromatic N) is 5. The zero-order chi connectivity index (χ0) is 16.7. The summed E-state index contributed by atoms with van der Waals surface area (Å²) in [6.45, 7) is 4.06. The number of anilines is 1. The molecule has 24 heavy (non-hydrogen) atoms. The van der Waals surface area contributed by atoms with Gasteiger partial charge in [-0.2, -0.15) is 10.4 Å². The van der Waals surface area contributed by atoms with Crippen LogP contribution in [0.2, 0.25) is 0 Å². The third kappa shape index (κ3) is 2.55. The summed E-state index contributed by atoms with van der Waals surface area (Å²) >= 11 is 1.74. The van der Waals surface area contributed by atoms with Gasteiger partial charge in [-0.15, -0.1) is 0 Å². The average Bonchev–Trinajstić information content (AvgIpc) is 3.17. The maximum atomic E-state index is 9.07. The summed E-state index contributed by atoms with van der Waals surface area (Å²) in [6, 6.07) is 10.3. The molecule has 122 valence electrons. The number of rotatable bonds is 2. The third-order valence-corrected chi connectivity index (χ3v) is 6.00. The van der Waals surface area contributed by atoms with Crippen LogP contribution < -0.4 is 4.90 Å². The van der Waals surface area contributed by atoms with Crippen molar-refractivity contribution in [3.8, 4) is 6.07 Å². The standard InChI is InChI=1S/C18H19N5S/c1-12-16-17(22(2)21-12)20-18(24-16)23-8-6-14(7-9-23)15-5-3-4-13(10-15)11-19/h3-5,10,14H,6-9H2,1-2H3. The number of piperidine rings is 1. The van der Waals surface area contributed by atoms with E-state index < -0.39 is 0 Å². The summed E-state index contributed by atoms with van der Waals surface area (Å²) in [7, 11) is 1.95. The summed E-state index contributed by atoms with van der Waals surface area (Å²) in [4.78, 5) is 7.17. The molecule has 0 atom stereocenters. The van der Waals surface area contributed by atoms with Crippen LogP contribution in [0.25, 0.3) is 10.3 Å². The van der Waals surface area contributed by atoms with Gasteiger partial charge in [0.15, 0.2) is 10.8 Å². The van der Waals surface area contributed by atoms with Crippen LogP contribution in [0.4, 0.5) is 5.13 Å². The highest BCUT2D eigenvalue weighted by Gasteiger charge is 2.24. The molecule has 1 saturated heterocycles. The highest BCUT2D eigenvalue weighted by Crippen LogP contribution is 2.35. The first-order chi connectivity index (χ1) is 11.7. The fraction of sp³-hybridized carbons (Fsp3) is 0.389. The maximum absolute atomic E-state index is 9.07. The molecule has 0 saturated carbocycles. The van der Waals surface area contributed by atoms with Crippen LogP contribution in [0.15, 0.2) is 24.3 Å². The Hall–Kier alpha value is -2.39. The van der Waals surface area contributed by atoms with E-state index in [1.807, 2.05) is 36.9 Å². The summed E-state index contributed by atoms with van der Waals surface area (Å²) in [5, 5.41) is 14.6. The average molecular weight is 337 g/mol. The molecule has 1 aliphatic rings. The number of benzene rings is 1. The van der Waals surface area contributed by atoms with Gasteiger partial charge in [0.05, 0.1) is 22.0 Å². The molecule has 0 bridgehead atoms. The van der Waals surface area contributed by atoms with E-state index in [4.69, 9.17) is 10.2 Å². The van der Waals surface area contributed by atoms with Crippen LogP contribution in [0.1, 0.15) is 35.6 Å². The van der Waals surface area contributed by atoms with Crippen molar-refractivity contribution in [1.29, 1.82) is 5.26 Å². The van der Waals surface area contributed by atoms with Crippen molar-refractivity contribution in [2.24, 2.45) is 7.05 Å². The lowest BCUT2D eigenvalue weighted by Crippen LogP contribution is -2.32. The first-order valence-electron chi connectivity index (χ1n) is 8.21. The third-order valence-electron chi connectivity index (χ3n) is 4.79. The lowest BCUT2D eigenvalue weighted by atomic mass is 9.89. The second kappa shape index (κ2) is 5.91. The van der Waals surface area contributed by atoms with Gasteiger partial charge in [0.1, 0.15) is 0 Å². The smallest absolute Gasteiger partial charge is 0.188 e. The van der Waals surface area contributed by atoms with Gasteiger partial charge in [0.25, 0.3) is 0 Å². The quantitative estimate of drug-likeness (QED) is 0.717. The Morgan fingerprint density at radius 3 is 2.79 bits per heavy atom. The molecule has 6 heteroatoms. The minimum absolute atomic E-state index is 0.535.